The van der Waals surface area contributed by atoms with Gasteiger partial charge in [-0.25, -0.2) is 0 Å². The minimum absolute atomic E-state index is 0.0483. The highest BCUT2D eigenvalue weighted by Crippen LogP contribution is 2.10. The van der Waals surface area contributed by atoms with Gasteiger partial charge < -0.3 is 16.0 Å². The first-order chi connectivity index (χ1) is 10.5. The molecule has 0 bridgehead atoms. The summed E-state index contributed by atoms with van der Waals surface area (Å²) in [5.41, 5.74) is 1.07. The molecule has 5 nitrogen and oxygen atoms in total. The second-order valence-corrected chi connectivity index (χ2v) is 5.55. The quantitative estimate of drug-likeness (QED) is 0.532. The van der Waals surface area contributed by atoms with Crippen LogP contribution in [-0.2, 0) is 11.3 Å². The van der Waals surface area contributed by atoms with Gasteiger partial charge in [0.1, 0.15) is 0 Å². The van der Waals surface area contributed by atoms with Crippen LogP contribution in [0, 0.1) is 0 Å². The summed E-state index contributed by atoms with van der Waals surface area (Å²) in [4.78, 5) is 15.8. The standard InChI is InChI=1S/C16H25ClN4O/c1-4-12(2)21-15(22)8-9-19-16(18-3)20-11-13-6-5-7-14(17)10-13/h5-7,10,12H,4,8-9,11H2,1-3H3,(H,21,22)(H2,18,19,20). The van der Waals surface area contributed by atoms with Gasteiger partial charge in [-0.2, -0.15) is 0 Å². The van der Waals surface area contributed by atoms with Crippen molar-refractivity contribution in [1.82, 2.24) is 16.0 Å². The number of benzene rings is 1. The van der Waals surface area contributed by atoms with Crippen molar-refractivity contribution in [2.75, 3.05) is 13.6 Å². The lowest BCUT2D eigenvalue weighted by Crippen LogP contribution is -2.40. The molecule has 1 aromatic rings. The molecule has 0 aliphatic carbocycles. The summed E-state index contributed by atoms with van der Waals surface area (Å²) in [5, 5.41) is 9.95. The summed E-state index contributed by atoms with van der Waals surface area (Å²) in [6.45, 7) is 5.21. The molecule has 122 valence electrons. The Bertz CT molecular complexity index is 505. The van der Waals surface area contributed by atoms with Gasteiger partial charge in [-0.05, 0) is 31.0 Å². The first-order valence-electron chi connectivity index (χ1n) is 7.53. The monoisotopic (exact) mass is 324 g/mol. The van der Waals surface area contributed by atoms with Crippen molar-refractivity contribution < 1.29 is 4.79 Å². The van der Waals surface area contributed by atoms with Crippen molar-refractivity contribution in [2.45, 2.75) is 39.3 Å². The third-order valence-electron chi connectivity index (χ3n) is 3.24. The first-order valence-corrected chi connectivity index (χ1v) is 7.91. The van der Waals surface area contributed by atoms with Crippen LogP contribution >= 0.6 is 11.6 Å². The zero-order valence-electron chi connectivity index (χ0n) is 13.4. The topological polar surface area (TPSA) is 65.5 Å². The van der Waals surface area contributed by atoms with Gasteiger partial charge in [0.25, 0.3) is 0 Å². The summed E-state index contributed by atoms with van der Waals surface area (Å²) in [5.74, 6) is 0.712. The van der Waals surface area contributed by atoms with E-state index in [-0.39, 0.29) is 11.9 Å². The molecule has 1 unspecified atom stereocenters. The van der Waals surface area contributed by atoms with Crippen LogP contribution in [0.5, 0.6) is 0 Å². The smallest absolute Gasteiger partial charge is 0.221 e. The van der Waals surface area contributed by atoms with Gasteiger partial charge in [0.05, 0.1) is 0 Å². The lowest BCUT2D eigenvalue weighted by Gasteiger charge is -2.14. The number of nitrogens with one attached hydrogen (secondary N) is 3. The molecule has 0 saturated carbocycles. The van der Waals surface area contributed by atoms with Crippen LogP contribution in [0.3, 0.4) is 0 Å². The minimum atomic E-state index is 0.0483. The summed E-state index contributed by atoms with van der Waals surface area (Å²) in [6, 6.07) is 7.86. The second-order valence-electron chi connectivity index (χ2n) is 5.11. The van der Waals surface area contributed by atoms with Gasteiger partial charge >= 0.3 is 0 Å². The lowest BCUT2D eigenvalue weighted by atomic mass is 10.2. The van der Waals surface area contributed by atoms with Gasteiger partial charge in [0, 0.05) is 37.6 Å². The maximum Gasteiger partial charge on any atom is 0.221 e. The molecule has 0 saturated heterocycles. The first kappa shape index (κ1) is 18.3. The average Bonchev–Trinajstić information content (AvgIpc) is 2.50. The van der Waals surface area contributed by atoms with Crippen LogP contribution in [0.1, 0.15) is 32.3 Å². The van der Waals surface area contributed by atoms with Gasteiger partial charge in [0.2, 0.25) is 5.91 Å². The van der Waals surface area contributed by atoms with Crippen LogP contribution in [0.4, 0.5) is 0 Å². The van der Waals surface area contributed by atoms with Gasteiger partial charge in [-0.3, -0.25) is 9.79 Å². The maximum atomic E-state index is 11.7. The molecule has 0 spiro atoms. The van der Waals surface area contributed by atoms with Crippen molar-refractivity contribution in [3.05, 3.63) is 34.9 Å². The molecule has 1 amide bonds. The third-order valence-corrected chi connectivity index (χ3v) is 3.47. The van der Waals surface area contributed by atoms with E-state index in [2.05, 4.69) is 20.9 Å². The van der Waals surface area contributed by atoms with Gasteiger partial charge in [-0.1, -0.05) is 30.7 Å². The fraction of sp³-hybridized carbons (Fsp3) is 0.500. The van der Waals surface area contributed by atoms with E-state index in [4.69, 9.17) is 11.6 Å². The molecule has 0 aromatic heterocycles. The van der Waals surface area contributed by atoms with Crippen molar-refractivity contribution in [1.29, 1.82) is 0 Å². The van der Waals surface area contributed by atoms with Crippen molar-refractivity contribution in [3.8, 4) is 0 Å². The maximum absolute atomic E-state index is 11.7. The summed E-state index contributed by atoms with van der Waals surface area (Å²) < 4.78 is 0. The molecule has 0 aliphatic rings. The number of aliphatic imine (C=N–C) groups is 1. The number of guanidine groups is 1. The van der Waals surface area contributed by atoms with E-state index < -0.39 is 0 Å². The molecule has 1 rings (SSSR count). The highest BCUT2D eigenvalue weighted by Gasteiger charge is 2.05. The van der Waals surface area contributed by atoms with E-state index in [9.17, 15) is 4.79 Å². The van der Waals surface area contributed by atoms with Crippen LogP contribution in [-0.4, -0.2) is 31.5 Å². The predicted octanol–water partition coefficient (Wildman–Crippen LogP) is 2.31. The third kappa shape index (κ3) is 7.31. The minimum Gasteiger partial charge on any atom is -0.356 e. The molecule has 22 heavy (non-hydrogen) atoms. The van der Waals surface area contributed by atoms with Crippen LogP contribution in [0.2, 0.25) is 5.02 Å². The Morgan fingerprint density at radius 3 is 2.77 bits per heavy atom. The number of halogens is 1. The zero-order chi connectivity index (χ0) is 16.4. The molecule has 0 fully saturated rings. The summed E-state index contributed by atoms with van der Waals surface area (Å²) >= 11 is 5.95. The highest BCUT2D eigenvalue weighted by molar-refractivity contribution is 6.30. The Kier molecular flexibility index (Phi) is 8.36. The van der Waals surface area contributed by atoms with E-state index in [1.165, 1.54) is 0 Å². The fourth-order valence-corrected chi connectivity index (χ4v) is 2.01. The highest BCUT2D eigenvalue weighted by atomic mass is 35.5. The van der Waals surface area contributed by atoms with Gasteiger partial charge in [-0.15, -0.1) is 0 Å². The lowest BCUT2D eigenvalue weighted by molar-refractivity contribution is -0.121. The molecule has 0 radical (unpaired) electrons. The SMILES string of the molecule is CCC(C)NC(=O)CCNC(=NC)NCc1cccc(Cl)c1. The number of rotatable bonds is 7. The van der Waals surface area contributed by atoms with E-state index in [0.29, 0.717) is 30.5 Å². The van der Waals surface area contributed by atoms with E-state index in [1.54, 1.807) is 7.05 Å². The number of hydrogen-bond acceptors (Lipinski definition) is 2. The molecule has 1 atom stereocenters. The Morgan fingerprint density at radius 2 is 2.14 bits per heavy atom. The van der Waals surface area contributed by atoms with Crippen molar-refractivity contribution >= 4 is 23.5 Å². The van der Waals surface area contributed by atoms with E-state index in [1.807, 2.05) is 38.1 Å². The molecular formula is C16H25ClN4O. The van der Waals surface area contributed by atoms with Crippen molar-refractivity contribution in [2.24, 2.45) is 4.99 Å². The molecule has 0 heterocycles. The number of hydrogen-bond donors (Lipinski definition) is 3. The second kappa shape index (κ2) is 10.1. The molecule has 6 heteroatoms. The summed E-state index contributed by atoms with van der Waals surface area (Å²) in [6.07, 6.45) is 1.35. The Hall–Kier alpha value is -1.75. The Morgan fingerprint density at radius 1 is 1.36 bits per heavy atom. The van der Waals surface area contributed by atoms with Gasteiger partial charge in [0.15, 0.2) is 5.96 Å². The number of nitrogens with zero attached hydrogens (tertiary/aromatic N) is 1. The largest absolute Gasteiger partial charge is 0.356 e. The van der Waals surface area contributed by atoms with Crippen molar-refractivity contribution in [3.63, 3.8) is 0 Å². The number of amides is 1. The van der Waals surface area contributed by atoms with E-state index >= 15 is 0 Å². The molecule has 0 aliphatic heterocycles. The number of carbonyl (C=O) groups excluding carboxylic acids is 1. The Balaban J connectivity index is 2.30. The average molecular weight is 325 g/mol. The molecular weight excluding hydrogens is 300 g/mol. The van der Waals surface area contributed by atoms with Crippen LogP contribution in [0.25, 0.3) is 0 Å². The molecule has 3 N–H and O–H groups in total. The Labute approximate surface area is 137 Å². The van der Waals surface area contributed by atoms with Crippen LogP contribution < -0.4 is 16.0 Å². The van der Waals surface area contributed by atoms with E-state index in [0.717, 1.165) is 12.0 Å². The normalized spacial score (nSPS) is 12.6. The fourth-order valence-electron chi connectivity index (χ4n) is 1.80. The van der Waals surface area contributed by atoms with Crippen LogP contribution in [0.15, 0.2) is 29.3 Å². The number of carbonyl (C=O) groups is 1. The predicted molar refractivity (Wildman–Crippen MR) is 92.2 cm³/mol. The molecule has 1 aromatic carbocycles. The zero-order valence-corrected chi connectivity index (χ0v) is 14.2. The summed E-state index contributed by atoms with van der Waals surface area (Å²) in [7, 11) is 1.70.